The van der Waals surface area contributed by atoms with E-state index in [1.807, 2.05) is 0 Å². The molecule has 2 rings (SSSR count). The van der Waals surface area contributed by atoms with E-state index in [1.54, 1.807) is 0 Å². The van der Waals surface area contributed by atoms with Crippen LogP contribution in [0, 0.1) is 11.3 Å². The lowest BCUT2D eigenvalue weighted by Crippen LogP contribution is -2.55. The first kappa shape index (κ1) is 12.5. The first-order chi connectivity index (χ1) is 7.88. The molecule has 3 N–H and O–H groups in total. The van der Waals surface area contributed by atoms with Crippen molar-refractivity contribution in [2.75, 3.05) is 13.1 Å². The number of carbonyl (C=O) groups is 1. The molecule has 1 aliphatic carbocycles. The molecule has 98 valence electrons. The second-order valence-electron chi connectivity index (χ2n) is 5.27. The minimum Gasteiger partial charge on any atom is -0.465 e. The van der Waals surface area contributed by atoms with Crippen molar-refractivity contribution in [2.24, 2.45) is 11.3 Å². The van der Waals surface area contributed by atoms with Crippen molar-refractivity contribution in [1.82, 2.24) is 10.6 Å². The highest BCUT2D eigenvalue weighted by Gasteiger charge is 2.63. The molecule has 4 nitrogen and oxygen atoms in total. The number of amides is 1. The third kappa shape index (κ3) is 1.99. The third-order valence-corrected chi connectivity index (χ3v) is 4.23. The summed E-state index contributed by atoms with van der Waals surface area (Å²) in [7, 11) is 0. The summed E-state index contributed by atoms with van der Waals surface area (Å²) in [5.41, 5.74) is -0.577. The van der Waals surface area contributed by atoms with Crippen molar-refractivity contribution >= 4 is 6.09 Å². The van der Waals surface area contributed by atoms with Gasteiger partial charge in [-0.1, -0.05) is 6.92 Å². The maximum absolute atomic E-state index is 14.0. The maximum atomic E-state index is 14.0. The Morgan fingerprint density at radius 2 is 2.00 bits per heavy atom. The standard InChI is InChI=1S/C11H18F2N2O2/c1-7-6-10(2-4-14-5-3-10)8(11(7,12)13)15-9(16)17/h7-8,14-15H,2-6H2,1H3,(H,16,17)/t7-,8+/m1/s1. The van der Waals surface area contributed by atoms with Crippen molar-refractivity contribution in [1.29, 1.82) is 0 Å². The lowest BCUT2D eigenvalue weighted by Gasteiger charge is -2.39. The molecule has 1 aliphatic heterocycles. The highest BCUT2D eigenvalue weighted by atomic mass is 19.3. The van der Waals surface area contributed by atoms with Crippen LogP contribution in [0.1, 0.15) is 26.2 Å². The van der Waals surface area contributed by atoms with Crippen LogP contribution >= 0.6 is 0 Å². The lowest BCUT2D eigenvalue weighted by atomic mass is 9.74. The largest absolute Gasteiger partial charge is 0.465 e. The molecule has 0 aromatic carbocycles. The second-order valence-corrected chi connectivity index (χ2v) is 5.27. The molecule has 1 spiro atoms. The van der Waals surface area contributed by atoms with Gasteiger partial charge in [0, 0.05) is 5.92 Å². The van der Waals surface area contributed by atoms with Crippen LogP contribution in [-0.4, -0.2) is 36.3 Å². The minimum absolute atomic E-state index is 0.395. The summed E-state index contributed by atoms with van der Waals surface area (Å²) in [6.07, 6.45) is 0.254. The highest BCUT2D eigenvalue weighted by Crippen LogP contribution is 2.55. The van der Waals surface area contributed by atoms with Crippen LogP contribution in [0.5, 0.6) is 0 Å². The number of rotatable bonds is 1. The molecule has 1 heterocycles. The number of hydrogen-bond donors (Lipinski definition) is 3. The van der Waals surface area contributed by atoms with Crippen LogP contribution in [0.25, 0.3) is 0 Å². The van der Waals surface area contributed by atoms with Crippen LogP contribution < -0.4 is 10.6 Å². The zero-order chi connectivity index (χ0) is 12.7. The Labute approximate surface area is 98.8 Å². The number of nitrogens with one attached hydrogen (secondary N) is 2. The summed E-state index contributed by atoms with van der Waals surface area (Å²) in [4.78, 5) is 10.7. The number of alkyl halides is 2. The van der Waals surface area contributed by atoms with Crippen LogP contribution in [-0.2, 0) is 0 Å². The first-order valence-electron chi connectivity index (χ1n) is 5.96. The van der Waals surface area contributed by atoms with Gasteiger partial charge in [-0.25, -0.2) is 13.6 Å². The Balaban J connectivity index is 2.27. The van der Waals surface area contributed by atoms with Crippen molar-refractivity contribution < 1.29 is 18.7 Å². The van der Waals surface area contributed by atoms with E-state index in [2.05, 4.69) is 10.6 Å². The van der Waals surface area contributed by atoms with E-state index in [0.717, 1.165) is 0 Å². The molecule has 2 aliphatic rings. The fourth-order valence-electron chi connectivity index (χ4n) is 3.35. The summed E-state index contributed by atoms with van der Waals surface area (Å²) in [5, 5.41) is 13.9. The fraction of sp³-hybridized carbons (Fsp3) is 0.909. The molecule has 6 heteroatoms. The van der Waals surface area contributed by atoms with Crippen molar-refractivity contribution in [3.63, 3.8) is 0 Å². The Morgan fingerprint density at radius 3 is 2.53 bits per heavy atom. The van der Waals surface area contributed by atoms with E-state index in [-0.39, 0.29) is 0 Å². The monoisotopic (exact) mass is 248 g/mol. The molecule has 0 aromatic rings. The van der Waals surface area contributed by atoms with Crippen LogP contribution in [0.15, 0.2) is 0 Å². The SMILES string of the molecule is C[C@@H]1CC2(CCNCC2)[C@H](NC(=O)O)C1(F)F. The smallest absolute Gasteiger partial charge is 0.405 e. The topological polar surface area (TPSA) is 61.4 Å². The van der Waals surface area contributed by atoms with E-state index in [1.165, 1.54) is 6.92 Å². The quantitative estimate of drug-likeness (QED) is 0.661. The van der Waals surface area contributed by atoms with E-state index in [0.29, 0.717) is 32.4 Å². The highest BCUT2D eigenvalue weighted by molar-refractivity contribution is 5.65. The molecular formula is C11H18F2N2O2. The van der Waals surface area contributed by atoms with Gasteiger partial charge in [0.25, 0.3) is 5.92 Å². The molecule has 1 saturated heterocycles. The normalized spacial score (nSPS) is 34.8. The van der Waals surface area contributed by atoms with Gasteiger partial charge in [0.05, 0.1) is 0 Å². The Bertz CT molecular complexity index is 317. The van der Waals surface area contributed by atoms with Gasteiger partial charge in [0.2, 0.25) is 0 Å². The number of halogens is 2. The number of hydrogen-bond acceptors (Lipinski definition) is 2. The summed E-state index contributed by atoms with van der Waals surface area (Å²) < 4.78 is 28.1. The third-order valence-electron chi connectivity index (χ3n) is 4.23. The van der Waals surface area contributed by atoms with E-state index >= 15 is 0 Å². The predicted octanol–water partition coefficient (Wildman–Crippen LogP) is 1.67. The molecule has 0 aromatic heterocycles. The first-order valence-corrected chi connectivity index (χ1v) is 5.96. The Kier molecular flexibility index (Phi) is 3.01. The molecule has 0 unspecified atom stereocenters. The molecular weight excluding hydrogens is 230 g/mol. The Morgan fingerprint density at radius 1 is 1.41 bits per heavy atom. The molecule has 0 bridgehead atoms. The predicted molar refractivity (Wildman–Crippen MR) is 58.2 cm³/mol. The summed E-state index contributed by atoms with van der Waals surface area (Å²) in [5.74, 6) is -3.71. The molecule has 2 fully saturated rings. The Hall–Kier alpha value is -0.910. The van der Waals surface area contributed by atoms with Gasteiger partial charge in [-0.3, -0.25) is 0 Å². The van der Waals surface area contributed by atoms with Gasteiger partial charge in [-0.2, -0.15) is 0 Å². The number of piperidine rings is 1. The zero-order valence-electron chi connectivity index (χ0n) is 9.80. The van der Waals surface area contributed by atoms with E-state index in [9.17, 15) is 13.6 Å². The van der Waals surface area contributed by atoms with E-state index in [4.69, 9.17) is 5.11 Å². The van der Waals surface area contributed by atoms with Gasteiger partial charge in [-0.15, -0.1) is 0 Å². The molecule has 1 saturated carbocycles. The van der Waals surface area contributed by atoms with E-state index < -0.39 is 29.4 Å². The molecule has 17 heavy (non-hydrogen) atoms. The zero-order valence-corrected chi connectivity index (χ0v) is 9.80. The van der Waals surface area contributed by atoms with Crippen molar-refractivity contribution in [3.8, 4) is 0 Å². The molecule has 0 radical (unpaired) electrons. The molecule has 1 amide bonds. The van der Waals surface area contributed by atoms with Gasteiger partial charge in [0.15, 0.2) is 0 Å². The van der Waals surface area contributed by atoms with Crippen LogP contribution in [0.2, 0.25) is 0 Å². The van der Waals surface area contributed by atoms with Crippen molar-refractivity contribution in [3.05, 3.63) is 0 Å². The number of carboxylic acid groups (broad SMARTS) is 1. The van der Waals surface area contributed by atoms with Gasteiger partial charge in [-0.05, 0) is 37.8 Å². The summed E-state index contributed by atoms with van der Waals surface area (Å²) >= 11 is 0. The second kappa shape index (κ2) is 4.08. The lowest BCUT2D eigenvalue weighted by molar-refractivity contribution is -0.0662. The molecule has 2 atom stereocenters. The van der Waals surface area contributed by atoms with Crippen molar-refractivity contribution in [2.45, 2.75) is 38.2 Å². The minimum atomic E-state index is -2.95. The van der Waals surface area contributed by atoms with Crippen LogP contribution in [0.4, 0.5) is 13.6 Å². The fourth-order valence-corrected chi connectivity index (χ4v) is 3.35. The van der Waals surface area contributed by atoms with Gasteiger partial charge < -0.3 is 15.7 Å². The summed E-state index contributed by atoms with van der Waals surface area (Å²) in [6.45, 7) is 2.87. The van der Waals surface area contributed by atoms with Gasteiger partial charge >= 0.3 is 6.09 Å². The average molecular weight is 248 g/mol. The maximum Gasteiger partial charge on any atom is 0.405 e. The van der Waals surface area contributed by atoms with Gasteiger partial charge in [0.1, 0.15) is 6.04 Å². The van der Waals surface area contributed by atoms with Crippen LogP contribution in [0.3, 0.4) is 0 Å². The average Bonchev–Trinajstić information content (AvgIpc) is 2.41. The summed E-state index contributed by atoms with van der Waals surface area (Å²) in [6, 6.07) is -1.25.